The Balaban J connectivity index is 1.85. The van der Waals surface area contributed by atoms with Crippen LogP contribution in [0.4, 0.5) is 11.4 Å². The van der Waals surface area contributed by atoms with Gasteiger partial charge in [0.25, 0.3) is 5.91 Å². The number of sulfone groups is 1. The number of amides is 1. The Morgan fingerprint density at radius 2 is 1.88 bits per heavy atom. The van der Waals surface area contributed by atoms with E-state index in [4.69, 9.17) is 21.1 Å². The van der Waals surface area contributed by atoms with Crippen LogP contribution in [0.3, 0.4) is 0 Å². The van der Waals surface area contributed by atoms with Crippen molar-refractivity contribution in [3.8, 4) is 0 Å². The van der Waals surface area contributed by atoms with Gasteiger partial charge in [0, 0.05) is 30.0 Å². The summed E-state index contributed by atoms with van der Waals surface area (Å²) in [7, 11) is -4.09. The summed E-state index contributed by atoms with van der Waals surface area (Å²) in [5.41, 5.74) is 1.08. The number of esters is 1. The van der Waals surface area contributed by atoms with E-state index in [0.29, 0.717) is 42.6 Å². The van der Waals surface area contributed by atoms with E-state index in [0.717, 1.165) is 0 Å². The van der Waals surface area contributed by atoms with Crippen LogP contribution in [0.25, 0.3) is 0 Å². The van der Waals surface area contributed by atoms with Gasteiger partial charge in [0.15, 0.2) is 4.91 Å². The van der Waals surface area contributed by atoms with Crippen LogP contribution < -0.4 is 4.90 Å². The van der Waals surface area contributed by atoms with Crippen molar-refractivity contribution in [2.24, 2.45) is 0 Å². The molecule has 0 spiro atoms. The molecular weight excluding hydrogens is 456 g/mol. The molecular formula is C22H21ClN2O6S. The molecule has 2 aromatic rings. The number of nitrogens with zero attached hydrogens (tertiary/aromatic N) is 2. The highest BCUT2D eigenvalue weighted by atomic mass is 35.5. The van der Waals surface area contributed by atoms with Crippen LogP contribution in [-0.2, 0) is 24.1 Å². The fraction of sp³-hybridized carbons (Fsp3) is 0.273. The van der Waals surface area contributed by atoms with E-state index in [1.165, 1.54) is 29.3 Å². The van der Waals surface area contributed by atoms with Gasteiger partial charge in [0.05, 0.1) is 36.0 Å². The summed E-state index contributed by atoms with van der Waals surface area (Å²) in [4.78, 5) is 28.0. The van der Waals surface area contributed by atoms with Crippen molar-refractivity contribution >= 4 is 44.7 Å². The second-order valence-corrected chi connectivity index (χ2v) is 9.48. The molecule has 0 unspecified atom stereocenters. The molecule has 0 aliphatic carbocycles. The molecule has 168 valence electrons. The summed E-state index contributed by atoms with van der Waals surface area (Å²) in [5.74, 6) is -1.10. The number of halogens is 1. The number of anilines is 2. The maximum Gasteiger partial charge on any atom is 0.338 e. The number of morpholine rings is 1. The molecule has 1 amide bonds. The number of carbonyl (C=O) groups excluding carboxylic acids is 2. The fourth-order valence-corrected chi connectivity index (χ4v) is 5.27. The van der Waals surface area contributed by atoms with Gasteiger partial charge in [-0.25, -0.2) is 13.2 Å². The molecule has 0 saturated carbocycles. The SMILES string of the molecule is CCOC(=O)c1cccc(N2C=C(C(=O)N3CCOCC3)S(=O)(=O)c3ccc(Cl)cc32)c1. The lowest BCUT2D eigenvalue weighted by molar-refractivity contribution is -0.130. The van der Waals surface area contributed by atoms with Gasteiger partial charge < -0.3 is 19.3 Å². The van der Waals surface area contributed by atoms with Gasteiger partial charge in [0.1, 0.15) is 0 Å². The Bertz CT molecular complexity index is 1200. The minimum Gasteiger partial charge on any atom is -0.462 e. The molecule has 0 N–H and O–H groups in total. The first kappa shape index (κ1) is 22.3. The van der Waals surface area contributed by atoms with Gasteiger partial charge >= 0.3 is 5.97 Å². The van der Waals surface area contributed by atoms with Crippen LogP contribution in [0.5, 0.6) is 0 Å². The van der Waals surface area contributed by atoms with Crippen LogP contribution in [-0.4, -0.2) is 58.1 Å². The van der Waals surface area contributed by atoms with E-state index < -0.39 is 21.7 Å². The molecule has 2 aliphatic rings. The number of benzene rings is 2. The molecule has 10 heteroatoms. The minimum absolute atomic E-state index is 0.0393. The third-order valence-corrected chi connectivity index (χ3v) is 7.17. The van der Waals surface area contributed by atoms with Crippen LogP contribution in [0.1, 0.15) is 17.3 Å². The van der Waals surface area contributed by atoms with Crippen molar-refractivity contribution < 1.29 is 27.5 Å². The van der Waals surface area contributed by atoms with Crippen LogP contribution in [0, 0.1) is 0 Å². The van der Waals surface area contributed by atoms with Gasteiger partial charge in [-0.1, -0.05) is 17.7 Å². The highest BCUT2D eigenvalue weighted by Gasteiger charge is 2.38. The minimum atomic E-state index is -4.09. The molecule has 2 aromatic carbocycles. The Labute approximate surface area is 190 Å². The normalized spacial score (nSPS) is 17.4. The van der Waals surface area contributed by atoms with E-state index >= 15 is 0 Å². The van der Waals surface area contributed by atoms with E-state index in [9.17, 15) is 18.0 Å². The first-order chi connectivity index (χ1) is 15.3. The van der Waals surface area contributed by atoms with Crippen molar-refractivity contribution in [2.45, 2.75) is 11.8 Å². The topological polar surface area (TPSA) is 93.2 Å². The molecule has 0 atom stereocenters. The maximum atomic E-state index is 13.3. The van der Waals surface area contributed by atoms with Crippen molar-refractivity contribution in [2.75, 3.05) is 37.8 Å². The lowest BCUT2D eigenvalue weighted by atomic mass is 10.1. The van der Waals surface area contributed by atoms with Gasteiger partial charge in [-0.3, -0.25) is 4.79 Å². The first-order valence-corrected chi connectivity index (χ1v) is 11.9. The summed E-state index contributed by atoms with van der Waals surface area (Å²) >= 11 is 6.16. The second kappa shape index (κ2) is 8.93. The van der Waals surface area contributed by atoms with Crippen LogP contribution in [0.15, 0.2) is 58.5 Å². The lowest BCUT2D eigenvalue weighted by Gasteiger charge is -2.32. The number of carbonyl (C=O) groups is 2. The highest BCUT2D eigenvalue weighted by Crippen LogP contribution is 2.41. The Hall–Kier alpha value is -2.88. The van der Waals surface area contributed by atoms with E-state index in [2.05, 4.69) is 0 Å². The number of hydrogen-bond acceptors (Lipinski definition) is 7. The third kappa shape index (κ3) is 4.11. The van der Waals surface area contributed by atoms with Crippen LogP contribution in [0.2, 0.25) is 5.02 Å². The Kier molecular flexibility index (Phi) is 6.23. The molecule has 4 rings (SSSR count). The van der Waals surface area contributed by atoms with Gasteiger partial charge in [-0.2, -0.15) is 0 Å². The Morgan fingerprint density at radius 3 is 2.59 bits per heavy atom. The largest absolute Gasteiger partial charge is 0.462 e. The molecule has 0 bridgehead atoms. The Morgan fingerprint density at radius 1 is 1.12 bits per heavy atom. The highest BCUT2D eigenvalue weighted by molar-refractivity contribution is 7.96. The molecule has 2 heterocycles. The quantitative estimate of drug-likeness (QED) is 0.626. The second-order valence-electron chi connectivity index (χ2n) is 7.15. The van der Waals surface area contributed by atoms with Crippen LogP contribution >= 0.6 is 11.6 Å². The maximum absolute atomic E-state index is 13.3. The van der Waals surface area contributed by atoms with Crippen molar-refractivity contribution in [3.63, 3.8) is 0 Å². The number of rotatable bonds is 4. The average molecular weight is 477 g/mol. The van der Waals surface area contributed by atoms with Gasteiger partial charge in [0.2, 0.25) is 9.84 Å². The molecule has 2 aliphatic heterocycles. The predicted molar refractivity (Wildman–Crippen MR) is 119 cm³/mol. The van der Waals surface area contributed by atoms with E-state index in [1.807, 2.05) is 0 Å². The summed E-state index contributed by atoms with van der Waals surface area (Å²) in [6.45, 7) is 3.23. The smallest absolute Gasteiger partial charge is 0.338 e. The zero-order valence-corrected chi connectivity index (χ0v) is 18.9. The third-order valence-electron chi connectivity index (χ3n) is 5.15. The molecule has 1 saturated heterocycles. The standard InChI is InChI=1S/C22H21ClN2O6S/c1-2-31-22(27)15-4-3-5-17(12-15)25-14-20(21(26)24-8-10-30-11-9-24)32(28,29)19-7-6-16(23)13-18(19)25/h3-7,12-14H,2,8-11H2,1H3. The lowest BCUT2D eigenvalue weighted by Crippen LogP contribution is -2.43. The average Bonchev–Trinajstić information content (AvgIpc) is 2.79. The zero-order chi connectivity index (χ0) is 22.9. The summed E-state index contributed by atoms with van der Waals surface area (Å²) in [6, 6.07) is 10.9. The summed E-state index contributed by atoms with van der Waals surface area (Å²) in [5, 5.41) is 0.335. The number of ether oxygens (including phenoxy) is 2. The predicted octanol–water partition coefficient (Wildman–Crippen LogP) is 3.14. The molecule has 0 aromatic heterocycles. The molecule has 1 fully saturated rings. The van der Waals surface area contributed by atoms with Crippen molar-refractivity contribution in [3.05, 3.63) is 64.2 Å². The molecule has 0 radical (unpaired) electrons. The monoisotopic (exact) mass is 476 g/mol. The van der Waals surface area contributed by atoms with E-state index in [1.54, 1.807) is 36.1 Å². The number of fused-ring (bicyclic) bond motifs is 1. The number of hydrogen-bond donors (Lipinski definition) is 0. The summed E-state index contributed by atoms with van der Waals surface area (Å²) < 4.78 is 37.0. The van der Waals surface area contributed by atoms with Crippen molar-refractivity contribution in [1.82, 2.24) is 4.90 Å². The van der Waals surface area contributed by atoms with Gasteiger partial charge in [-0.05, 0) is 43.3 Å². The first-order valence-electron chi connectivity index (χ1n) is 10.0. The fourth-order valence-electron chi connectivity index (χ4n) is 3.58. The van der Waals surface area contributed by atoms with Gasteiger partial charge in [-0.15, -0.1) is 0 Å². The van der Waals surface area contributed by atoms with Crippen molar-refractivity contribution in [1.29, 1.82) is 0 Å². The van der Waals surface area contributed by atoms with E-state index in [-0.39, 0.29) is 22.1 Å². The molecule has 8 nitrogen and oxygen atoms in total. The zero-order valence-electron chi connectivity index (χ0n) is 17.3. The summed E-state index contributed by atoms with van der Waals surface area (Å²) in [6.07, 6.45) is 1.29. The molecule has 32 heavy (non-hydrogen) atoms.